The van der Waals surface area contributed by atoms with Crippen molar-refractivity contribution in [3.8, 4) is 10.8 Å². The molecule has 2 aromatic heterocycles. The van der Waals surface area contributed by atoms with Crippen molar-refractivity contribution in [1.82, 2.24) is 20.0 Å². The maximum absolute atomic E-state index is 12.9. The zero-order valence-corrected chi connectivity index (χ0v) is 18.4. The van der Waals surface area contributed by atoms with Crippen LogP contribution in [0.3, 0.4) is 0 Å². The molecule has 0 bridgehead atoms. The molecule has 4 rings (SSSR count). The Labute approximate surface area is 186 Å². The average Bonchev–Trinajstić information content (AvgIpc) is 3.50. The number of carbonyl (C=O) groups is 1. The van der Waals surface area contributed by atoms with E-state index in [0.29, 0.717) is 38.0 Å². The van der Waals surface area contributed by atoms with Gasteiger partial charge in [0.25, 0.3) is 5.89 Å². The molecule has 1 aliphatic heterocycles. The molecular weight excluding hydrogens is 412 g/mol. The summed E-state index contributed by atoms with van der Waals surface area (Å²) < 4.78 is 11.0. The lowest BCUT2D eigenvalue weighted by Crippen LogP contribution is -2.42. The second kappa shape index (κ2) is 10.5. The fraction of sp³-hybridized carbons (Fsp3) is 0.348. The van der Waals surface area contributed by atoms with E-state index in [-0.39, 0.29) is 12.5 Å². The van der Waals surface area contributed by atoms with Crippen LogP contribution < -0.4 is 0 Å². The van der Waals surface area contributed by atoms with Gasteiger partial charge in [-0.1, -0.05) is 42.5 Å². The zero-order chi connectivity index (χ0) is 21.5. The number of ether oxygens (including phenoxy) is 1. The first-order chi connectivity index (χ1) is 15.2. The molecule has 0 saturated heterocycles. The molecule has 3 aromatic rings. The first-order valence-corrected chi connectivity index (χ1v) is 11.2. The minimum absolute atomic E-state index is 0.0949. The highest BCUT2D eigenvalue weighted by Gasteiger charge is 2.22. The Balaban J connectivity index is 1.36. The molecule has 7 nitrogen and oxygen atoms in total. The van der Waals surface area contributed by atoms with Crippen LogP contribution in [0.2, 0.25) is 0 Å². The molecule has 0 spiro atoms. The van der Waals surface area contributed by atoms with E-state index in [0.717, 1.165) is 17.8 Å². The average molecular weight is 439 g/mol. The second-order valence-electron chi connectivity index (χ2n) is 7.37. The maximum Gasteiger partial charge on any atom is 0.257 e. The summed E-state index contributed by atoms with van der Waals surface area (Å²) in [6.45, 7) is 3.18. The van der Waals surface area contributed by atoms with Crippen LogP contribution in [0, 0.1) is 0 Å². The van der Waals surface area contributed by atoms with Gasteiger partial charge in [-0.2, -0.15) is 0 Å². The smallest absolute Gasteiger partial charge is 0.257 e. The number of amides is 1. The number of hydrogen-bond acceptors (Lipinski definition) is 7. The van der Waals surface area contributed by atoms with Crippen LogP contribution >= 0.6 is 11.3 Å². The Hall–Kier alpha value is -2.81. The molecule has 31 heavy (non-hydrogen) atoms. The van der Waals surface area contributed by atoms with Crippen LogP contribution in [0.25, 0.3) is 16.3 Å². The predicted molar refractivity (Wildman–Crippen MR) is 120 cm³/mol. The zero-order valence-electron chi connectivity index (χ0n) is 17.6. The SMILES string of the molecule is COCCN(CC(=O)N1CC=C(c2ccccc2)CC1)Cc1nnc(-c2cccs2)o1. The minimum atomic E-state index is 0.0949. The van der Waals surface area contributed by atoms with Gasteiger partial charge in [-0.05, 0) is 29.0 Å². The highest BCUT2D eigenvalue weighted by molar-refractivity contribution is 7.13. The van der Waals surface area contributed by atoms with Gasteiger partial charge in [-0.25, -0.2) is 0 Å². The van der Waals surface area contributed by atoms with E-state index < -0.39 is 0 Å². The third-order valence-corrected chi connectivity index (χ3v) is 6.09. The number of hydrogen-bond donors (Lipinski definition) is 0. The second-order valence-corrected chi connectivity index (χ2v) is 8.31. The topological polar surface area (TPSA) is 71.7 Å². The van der Waals surface area contributed by atoms with Crippen molar-refractivity contribution in [2.45, 2.75) is 13.0 Å². The molecule has 0 N–H and O–H groups in total. The quantitative estimate of drug-likeness (QED) is 0.509. The first-order valence-electron chi connectivity index (χ1n) is 10.3. The lowest BCUT2D eigenvalue weighted by molar-refractivity contribution is -0.132. The summed E-state index contributed by atoms with van der Waals surface area (Å²) in [5.74, 6) is 1.10. The third kappa shape index (κ3) is 5.66. The van der Waals surface area contributed by atoms with Crippen molar-refractivity contribution in [3.63, 3.8) is 0 Å². The lowest BCUT2D eigenvalue weighted by Gasteiger charge is -2.29. The molecule has 0 unspecified atom stereocenters. The van der Waals surface area contributed by atoms with Crippen LogP contribution in [-0.2, 0) is 16.1 Å². The van der Waals surface area contributed by atoms with E-state index in [1.165, 1.54) is 11.1 Å². The van der Waals surface area contributed by atoms with Crippen LogP contribution in [0.4, 0.5) is 0 Å². The van der Waals surface area contributed by atoms with Crippen LogP contribution in [0.15, 0.2) is 58.3 Å². The van der Waals surface area contributed by atoms with Crippen molar-refractivity contribution < 1.29 is 13.9 Å². The molecule has 1 aliphatic rings. The van der Waals surface area contributed by atoms with Gasteiger partial charge in [0.15, 0.2) is 0 Å². The normalized spacial score (nSPS) is 14.1. The molecule has 0 atom stereocenters. The number of aromatic nitrogens is 2. The van der Waals surface area contributed by atoms with E-state index in [1.807, 2.05) is 45.5 Å². The van der Waals surface area contributed by atoms with Crippen LogP contribution in [-0.4, -0.2) is 65.8 Å². The van der Waals surface area contributed by atoms with Gasteiger partial charge in [0.1, 0.15) is 0 Å². The van der Waals surface area contributed by atoms with Crippen molar-refractivity contribution in [2.75, 3.05) is 39.9 Å². The molecule has 1 aromatic carbocycles. The lowest BCUT2D eigenvalue weighted by atomic mass is 9.99. The van der Waals surface area contributed by atoms with Crippen molar-refractivity contribution in [2.24, 2.45) is 0 Å². The third-order valence-electron chi connectivity index (χ3n) is 5.23. The number of nitrogens with zero attached hydrogens (tertiary/aromatic N) is 4. The van der Waals surface area contributed by atoms with Gasteiger partial charge in [0.05, 0.1) is 24.6 Å². The van der Waals surface area contributed by atoms with Crippen LogP contribution in [0.1, 0.15) is 17.9 Å². The van der Waals surface area contributed by atoms with Gasteiger partial charge in [0.2, 0.25) is 11.8 Å². The number of benzene rings is 1. The van der Waals surface area contributed by atoms with Gasteiger partial charge in [-0.15, -0.1) is 21.5 Å². The number of rotatable bonds is 9. The Morgan fingerprint density at radius 3 is 2.81 bits per heavy atom. The molecule has 0 fully saturated rings. The summed E-state index contributed by atoms with van der Waals surface area (Å²) in [5.41, 5.74) is 2.53. The minimum Gasteiger partial charge on any atom is -0.419 e. The summed E-state index contributed by atoms with van der Waals surface area (Å²) >= 11 is 1.55. The number of carbonyl (C=O) groups excluding carboxylic acids is 1. The first kappa shape index (κ1) is 21.4. The Morgan fingerprint density at radius 1 is 1.23 bits per heavy atom. The van der Waals surface area contributed by atoms with Crippen molar-refractivity contribution in [1.29, 1.82) is 0 Å². The van der Waals surface area contributed by atoms with E-state index in [1.54, 1.807) is 18.4 Å². The van der Waals surface area contributed by atoms with Gasteiger partial charge in [0, 0.05) is 26.7 Å². The van der Waals surface area contributed by atoms with Gasteiger partial charge in [-0.3, -0.25) is 9.69 Å². The summed E-state index contributed by atoms with van der Waals surface area (Å²) in [6, 6.07) is 14.2. The Bertz CT molecular complexity index is 1000. The number of methoxy groups -OCH3 is 1. The summed E-state index contributed by atoms with van der Waals surface area (Å²) in [7, 11) is 1.65. The summed E-state index contributed by atoms with van der Waals surface area (Å²) in [5, 5.41) is 10.3. The fourth-order valence-corrected chi connectivity index (χ4v) is 4.19. The Morgan fingerprint density at radius 2 is 2.10 bits per heavy atom. The van der Waals surface area contributed by atoms with E-state index in [9.17, 15) is 4.79 Å². The highest BCUT2D eigenvalue weighted by atomic mass is 32.1. The van der Waals surface area contributed by atoms with E-state index >= 15 is 0 Å². The van der Waals surface area contributed by atoms with E-state index in [2.05, 4.69) is 28.4 Å². The molecule has 162 valence electrons. The van der Waals surface area contributed by atoms with Crippen molar-refractivity contribution in [3.05, 3.63) is 65.4 Å². The van der Waals surface area contributed by atoms with E-state index in [4.69, 9.17) is 9.15 Å². The fourth-order valence-electron chi connectivity index (χ4n) is 3.54. The molecular formula is C23H26N4O3S. The van der Waals surface area contributed by atoms with Crippen LogP contribution in [0.5, 0.6) is 0 Å². The molecule has 0 saturated carbocycles. The Kier molecular flexibility index (Phi) is 7.24. The highest BCUT2D eigenvalue weighted by Crippen LogP contribution is 2.24. The van der Waals surface area contributed by atoms with Gasteiger partial charge < -0.3 is 14.1 Å². The van der Waals surface area contributed by atoms with Gasteiger partial charge >= 0.3 is 0 Å². The summed E-state index contributed by atoms with van der Waals surface area (Å²) in [6.07, 6.45) is 3.02. The maximum atomic E-state index is 12.9. The molecule has 8 heteroatoms. The van der Waals surface area contributed by atoms with Crippen molar-refractivity contribution >= 4 is 22.8 Å². The molecule has 0 aliphatic carbocycles. The summed E-state index contributed by atoms with van der Waals surface area (Å²) in [4.78, 5) is 17.8. The standard InChI is InChI=1S/C23H26N4O3S/c1-29-14-13-26(16-21-24-25-23(30-21)20-8-5-15-31-20)17-22(28)27-11-9-19(10-12-27)18-6-3-2-4-7-18/h2-9,15H,10-14,16-17H2,1H3. The monoisotopic (exact) mass is 438 g/mol. The molecule has 0 radical (unpaired) electrons. The number of thiophene rings is 1. The predicted octanol–water partition coefficient (Wildman–Crippen LogP) is 3.56. The molecule has 3 heterocycles. The largest absolute Gasteiger partial charge is 0.419 e. The molecule has 1 amide bonds.